The molecule has 0 aromatic carbocycles. The van der Waals surface area contributed by atoms with Crippen LogP contribution in [0.4, 0.5) is 0 Å². The summed E-state index contributed by atoms with van der Waals surface area (Å²) >= 11 is 0. The van der Waals surface area contributed by atoms with Gasteiger partial charge in [0.15, 0.2) is 0 Å². The van der Waals surface area contributed by atoms with Gasteiger partial charge in [0.05, 0.1) is 11.8 Å². The Morgan fingerprint density at radius 2 is 1.75 bits per heavy atom. The molecule has 2 unspecified atom stereocenters. The smallest absolute Gasteiger partial charge is 0.307 e. The second kappa shape index (κ2) is 3.75. The molecule has 2 fully saturated rings. The molecule has 1 aliphatic heterocycles. The number of aliphatic carboxylic acids is 1. The monoisotopic (exact) mass is 225 g/mol. The number of nitrogens with zero attached hydrogens (tertiary/aromatic N) is 1. The van der Waals surface area contributed by atoms with Gasteiger partial charge in [-0.15, -0.1) is 0 Å². The van der Waals surface area contributed by atoms with E-state index in [1.165, 1.54) is 0 Å². The third-order valence-corrected chi connectivity index (χ3v) is 3.85. The average molecular weight is 225 g/mol. The SMILES string of the molecule is CC1(C)CCN(C(=O)C2CC2C(=O)O)CC1. The lowest BCUT2D eigenvalue weighted by molar-refractivity contribution is -0.142. The van der Waals surface area contributed by atoms with Crippen LogP contribution in [-0.2, 0) is 9.59 Å². The van der Waals surface area contributed by atoms with Gasteiger partial charge >= 0.3 is 5.97 Å². The van der Waals surface area contributed by atoms with Crippen LogP contribution in [0, 0.1) is 17.3 Å². The molecule has 1 saturated carbocycles. The molecule has 0 aromatic rings. The van der Waals surface area contributed by atoms with E-state index in [-0.39, 0.29) is 11.8 Å². The van der Waals surface area contributed by atoms with Gasteiger partial charge in [0, 0.05) is 13.1 Å². The van der Waals surface area contributed by atoms with Gasteiger partial charge in [-0.05, 0) is 24.7 Å². The zero-order chi connectivity index (χ0) is 11.9. The van der Waals surface area contributed by atoms with Crippen LogP contribution in [0.5, 0.6) is 0 Å². The summed E-state index contributed by atoms with van der Waals surface area (Å²) in [6.45, 7) is 6.00. The fourth-order valence-electron chi connectivity index (χ4n) is 2.31. The summed E-state index contributed by atoms with van der Waals surface area (Å²) in [5.74, 6) is -1.42. The van der Waals surface area contributed by atoms with Crippen molar-refractivity contribution in [2.75, 3.05) is 13.1 Å². The van der Waals surface area contributed by atoms with Gasteiger partial charge in [0.25, 0.3) is 0 Å². The van der Waals surface area contributed by atoms with Crippen molar-refractivity contribution in [3.63, 3.8) is 0 Å². The fourth-order valence-corrected chi connectivity index (χ4v) is 2.31. The van der Waals surface area contributed by atoms with Gasteiger partial charge in [0.2, 0.25) is 5.91 Å². The minimum Gasteiger partial charge on any atom is -0.481 e. The molecule has 0 aromatic heterocycles. The highest BCUT2D eigenvalue weighted by Crippen LogP contribution is 2.41. The van der Waals surface area contributed by atoms with Gasteiger partial charge in [-0.2, -0.15) is 0 Å². The molecular formula is C12H19NO3. The van der Waals surface area contributed by atoms with Gasteiger partial charge in [-0.25, -0.2) is 0 Å². The Hall–Kier alpha value is -1.06. The van der Waals surface area contributed by atoms with E-state index < -0.39 is 11.9 Å². The summed E-state index contributed by atoms with van der Waals surface area (Å²) in [5.41, 5.74) is 0.326. The quantitative estimate of drug-likeness (QED) is 0.772. The number of carboxylic acids is 1. The van der Waals surface area contributed by atoms with Gasteiger partial charge in [-0.3, -0.25) is 9.59 Å². The first kappa shape index (κ1) is 11.4. The summed E-state index contributed by atoms with van der Waals surface area (Å²) in [7, 11) is 0. The first-order valence-electron chi connectivity index (χ1n) is 5.92. The molecular weight excluding hydrogens is 206 g/mol. The van der Waals surface area contributed by atoms with Crippen LogP contribution in [0.2, 0.25) is 0 Å². The molecule has 2 aliphatic rings. The van der Waals surface area contributed by atoms with Gasteiger partial charge < -0.3 is 10.0 Å². The van der Waals surface area contributed by atoms with Crippen molar-refractivity contribution in [2.45, 2.75) is 33.1 Å². The highest BCUT2D eigenvalue weighted by molar-refractivity contribution is 5.89. The number of carboxylic acid groups (broad SMARTS) is 1. The average Bonchev–Trinajstić information content (AvgIpc) is 2.96. The second-order valence-corrected chi connectivity index (χ2v) is 5.78. The van der Waals surface area contributed by atoms with Crippen LogP contribution < -0.4 is 0 Å². The molecule has 1 saturated heterocycles. The molecule has 90 valence electrons. The van der Waals surface area contributed by atoms with Crippen molar-refractivity contribution in [1.29, 1.82) is 0 Å². The Labute approximate surface area is 95.6 Å². The molecule has 1 heterocycles. The predicted molar refractivity (Wildman–Crippen MR) is 58.8 cm³/mol. The van der Waals surface area contributed by atoms with Crippen LogP contribution in [0.1, 0.15) is 33.1 Å². The number of hydrogen-bond acceptors (Lipinski definition) is 2. The van der Waals surface area contributed by atoms with Crippen LogP contribution in [0.25, 0.3) is 0 Å². The van der Waals surface area contributed by atoms with Crippen molar-refractivity contribution >= 4 is 11.9 Å². The minimum atomic E-state index is -0.823. The van der Waals surface area contributed by atoms with Gasteiger partial charge in [-0.1, -0.05) is 13.8 Å². The largest absolute Gasteiger partial charge is 0.481 e. The zero-order valence-corrected chi connectivity index (χ0v) is 9.90. The summed E-state index contributed by atoms with van der Waals surface area (Å²) < 4.78 is 0. The topological polar surface area (TPSA) is 57.6 Å². The standard InChI is InChI=1S/C12H19NO3/c1-12(2)3-5-13(6-4-12)10(14)8-7-9(8)11(15)16/h8-9H,3-7H2,1-2H3,(H,15,16). The van der Waals surface area contributed by atoms with E-state index in [9.17, 15) is 9.59 Å². The summed E-state index contributed by atoms with van der Waals surface area (Å²) in [6, 6.07) is 0. The van der Waals surface area contributed by atoms with E-state index >= 15 is 0 Å². The van der Waals surface area contributed by atoms with E-state index in [1.54, 1.807) is 0 Å². The summed E-state index contributed by atoms with van der Waals surface area (Å²) in [4.78, 5) is 24.5. The highest BCUT2D eigenvalue weighted by atomic mass is 16.4. The van der Waals surface area contributed by atoms with Crippen molar-refractivity contribution in [3.8, 4) is 0 Å². The zero-order valence-electron chi connectivity index (χ0n) is 9.90. The molecule has 2 rings (SSSR count). The Bertz CT molecular complexity index is 314. The first-order valence-corrected chi connectivity index (χ1v) is 5.92. The molecule has 1 N–H and O–H groups in total. The van der Waals surface area contributed by atoms with E-state index in [0.29, 0.717) is 11.8 Å². The molecule has 0 bridgehead atoms. The Kier molecular flexibility index (Phi) is 2.68. The maximum Gasteiger partial charge on any atom is 0.307 e. The van der Waals surface area contributed by atoms with Crippen molar-refractivity contribution in [2.24, 2.45) is 17.3 Å². The molecule has 1 aliphatic carbocycles. The highest BCUT2D eigenvalue weighted by Gasteiger charge is 2.50. The molecule has 4 heteroatoms. The maximum atomic E-state index is 11.9. The van der Waals surface area contributed by atoms with Crippen LogP contribution >= 0.6 is 0 Å². The van der Waals surface area contributed by atoms with Crippen molar-refractivity contribution in [3.05, 3.63) is 0 Å². The van der Waals surface area contributed by atoms with Crippen LogP contribution in [0.15, 0.2) is 0 Å². The van der Waals surface area contributed by atoms with Crippen molar-refractivity contribution < 1.29 is 14.7 Å². The minimum absolute atomic E-state index is 0.0582. The lowest BCUT2D eigenvalue weighted by atomic mass is 9.82. The number of amides is 1. The van der Waals surface area contributed by atoms with Crippen LogP contribution in [0.3, 0.4) is 0 Å². The van der Waals surface area contributed by atoms with Gasteiger partial charge in [0.1, 0.15) is 0 Å². The van der Waals surface area contributed by atoms with E-state index in [4.69, 9.17) is 5.11 Å². The Morgan fingerprint density at radius 1 is 1.19 bits per heavy atom. The van der Waals surface area contributed by atoms with Crippen LogP contribution in [-0.4, -0.2) is 35.0 Å². The third-order valence-electron chi connectivity index (χ3n) is 3.85. The fraction of sp³-hybridized carbons (Fsp3) is 0.833. The molecule has 0 radical (unpaired) electrons. The van der Waals surface area contributed by atoms with Crippen molar-refractivity contribution in [1.82, 2.24) is 4.90 Å². The number of rotatable bonds is 2. The number of carbonyl (C=O) groups is 2. The molecule has 0 spiro atoms. The maximum absolute atomic E-state index is 11.9. The number of carbonyl (C=O) groups excluding carboxylic acids is 1. The molecule has 2 atom stereocenters. The number of likely N-dealkylation sites (tertiary alicyclic amines) is 1. The summed E-state index contributed by atoms with van der Waals surface area (Å²) in [5, 5.41) is 8.78. The molecule has 4 nitrogen and oxygen atoms in total. The second-order valence-electron chi connectivity index (χ2n) is 5.78. The normalized spacial score (nSPS) is 32.2. The van der Waals surface area contributed by atoms with E-state index in [0.717, 1.165) is 25.9 Å². The Morgan fingerprint density at radius 3 is 2.19 bits per heavy atom. The molecule has 16 heavy (non-hydrogen) atoms. The van der Waals surface area contributed by atoms with E-state index in [2.05, 4.69) is 13.8 Å². The molecule has 1 amide bonds. The third kappa shape index (κ3) is 2.20. The lowest BCUT2D eigenvalue weighted by Crippen LogP contribution is -2.42. The Balaban J connectivity index is 1.86. The number of hydrogen-bond donors (Lipinski definition) is 1. The number of piperidine rings is 1. The summed E-state index contributed by atoms with van der Waals surface area (Å²) in [6.07, 6.45) is 2.57. The predicted octanol–water partition coefficient (Wildman–Crippen LogP) is 1.36. The lowest BCUT2D eigenvalue weighted by Gasteiger charge is -2.37. The first-order chi connectivity index (χ1) is 7.41. The van der Waals surface area contributed by atoms with E-state index in [1.807, 2.05) is 4.90 Å².